The lowest BCUT2D eigenvalue weighted by atomic mass is 9.81. The highest BCUT2D eigenvalue weighted by molar-refractivity contribution is 7.16. The van der Waals surface area contributed by atoms with Crippen molar-refractivity contribution in [3.8, 4) is 10.6 Å². The van der Waals surface area contributed by atoms with Crippen molar-refractivity contribution in [1.82, 2.24) is 9.88 Å². The molecule has 1 amide bonds. The summed E-state index contributed by atoms with van der Waals surface area (Å²) in [7, 11) is 0. The van der Waals surface area contributed by atoms with E-state index < -0.39 is 11.4 Å². The average Bonchev–Trinajstić information content (AvgIpc) is 3.29. The molecule has 0 bridgehead atoms. The van der Waals surface area contributed by atoms with Gasteiger partial charge in [-0.05, 0) is 18.8 Å². The van der Waals surface area contributed by atoms with E-state index in [2.05, 4.69) is 4.98 Å². The predicted molar refractivity (Wildman–Crippen MR) is 90.9 cm³/mol. The Kier molecular flexibility index (Phi) is 3.64. The number of hydrogen-bond donors (Lipinski definition) is 1. The Bertz CT molecular complexity index is 789. The molecule has 5 nitrogen and oxygen atoms in total. The number of carbonyl (C=O) groups excluding carboxylic acids is 1. The van der Waals surface area contributed by atoms with E-state index in [1.54, 1.807) is 11.1 Å². The molecular weight excluding hydrogens is 324 g/mol. The third-order valence-corrected chi connectivity index (χ3v) is 6.36. The fourth-order valence-electron chi connectivity index (χ4n) is 4.04. The van der Waals surface area contributed by atoms with E-state index in [4.69, 9.17) is 0 Å². The number of carboxylic acid groups (broad SMARTS) is 1. The van der Waals surface area contributed by atoms with Crippen LogP contribution in [0, 0.1) is 11.3 Å². The fourth-order valence-corrected chi connectivity index (χ4v) is 4.93. The normalized spacial score (nSPS) is 25.7. The van der Waals surface area contributed by atoms with Crippen LogP contribution in [-0.4, -0.2) is 40.0 Å². The summed E-state index contributed by atoms with van der Waals surface area (Å²) in [5.74, 6) is -0.764. The monoisotopic (exact) mass is 342 g/mol. The molecule has 1 saturated heterocycles. The van der Waals surface area contributed by atoms with Crippen molar-refractivity contribution in [1.29, 1.82) is 0 Å². The number of thiazole rings is 1. The number of rotatable bonds is 3. The van der Waals surface area contributed by atoms with E-state index in [0.29, 0.717) is 24.4 Å². The van der Waals surface area contributed by atoms with Crippen LogP contribution in [0.2, 0.25) is 0 Å². The van der Waals surface area contributed by atoms with Crippen LogP contribution >= 0.6 is 11.3 Å². The SMILES string of the molecule is O=C(c1cnc(-c2ccccc2)s1)N1C[C@@H]2CCC[C@@]2(C(=O)O)C1. The highest BCUT2D eigenvalue weighted by Gasteiger charge is 2.55. The van der Waals surface area contributed by atoms with Gasteiger partial charge in [0.05, 0.1) is 11.6 Å². The van der Waals surface area contributed by atoms with Crippen LogP contribution in [0.25, 0.3) is 10.6 Å². The van der Waals surface area contributed by atoms with Crippen LogP contribution in [0.1, 0.15) is 28.9 Å². The van der Waals surface area contributed by atoms with Crippen LogP contribution in [0.5, 0.6) is 0 Å². The van der Waals surface area contributed by atoms with Gasteiger partial charge in [-0.2, -0.15) is 0 Å². The third kappa shape index (κ3) is 2.33. The second kappa shape index (κ2) is 5.70. The minimum Gasteiger partial charge on any atom is -0.481 e. The maximum Gasteiger partial charge on any atom is 0.311 e. The minimum atomic E-state index is -0.755. The molecule has 1 aromatic heterocycles. The van der Waals surface area contributed by atoms with Crippen molar-refractivity contribution >= 4 is 23.2 Å². The molecule has 2 aromatic rings. The molecule has 2 atom stereocenters. The molecule has 0 radical (unpaired) electrons. The standard InChI is InChI=1S/C18H18N2O3S/c21-16(14-9-19-15(24-14)12-5-2-1-3-6-12)20-10-13-7-4-8-18(13,11-20)17(22)23/h1-3,5-6,9,13H,4,7-8,10-11H2,(H,22,23)/t13-,18+/m0/s1. The first-order chi connectivity index (χ1) is 11.6. The molecule has 1 saturated carbocycles. The topological polar surface area (TPSA) is 70.5 Å². The number of carbonyl (C=O) groups is 2. The molecule has 0 spiro atoms. The number of carboxylic acids is 1. The molecule has 4 rings (SSSR count). The minimum absolute atomic E-state index is 0.0838. The number of aliphatic carboxylic acids is 1. The van der Waals surface area contributed by atoms with Gasteiger partial charge in [-0.25, -0.2) is 4.98 Å². The lowest BCUT2D eigenvalue weighted by Crippen LogP contribution is -2.37. The highest BCUT2D eigenvalue weighted by atomic mass is 32.1. The van der Waals surface area contributed by atoms with E-state index in [1.807, 2.05) is 30.3 Å². The Morgan fingerprint density at radius 1 is 1.29 bits per heavy atom. The Labute approximate surface area is 143 Å². The number of nitrogens with zero attached hydrogens (tertiary/aromatic N) is 2. The number of fused-ring (bicyclic) bond motifs is 1. The van der Waals surface area contributed by atoms with E-state index in [9.17, 15) is 14.7 Å². The molecule has 2 heterocycles. The van der Waals surface area contributed by atoms with Crippen molar-refractivity contribution in [2.24, 2.45) is 11.3 Å². The molecule has 0 unspecified atom stereocenters. The third-order valence-electron chi connectivity index (χ3n) is 5.32. The maximum absolute atomic E-state index is 12.8. The second-order valence-corrected chi connectivity index (χ2v) is 7.66. The lowest BCUT2D eigenvalue weighted by molar-refractivity contribution is -0.149. The van der Waals surface area contributed by atoms with Crippen LogP contribution in [-0.2, 0) is 4.79 Å². The Morgan fingerprint density at radius 3 is 2.79 bits per heavy atom. The molecule has 1 N–H and O–H groups in total. The predicted octanol–water partition coefficient (Wildman–Crippen LogP) is 3.14. The molecule has 6 heteroatoms. The van der Waals surface area contributed by atoms with Crippen molar-refractivity contribution in [3.05, 3.63) is 41.4 Å². The zero-order chi connectivity index (χ0) is 16.7. The first-order valence-corrected chi connectivity index (χ1v) is 8.96. The van der Waals surface area contributed by atoms with Crippen molar-refractivity contribution in [2.75, 3.05) is 13.1 Å². The van der Waals surface area contributed by atoms with Gasteiger partial charge in [-0.3, -0.25) is 9.59 Å². The van der Waals surface area contributed by atoms with Gasteiger partial charge in [0, 0.05) is 18.7 Å². The van der Waals surface area contributed by atoms with E-state index in [-0.39, 0.29) is 11.8 Å². The largest absolute Gasteiger partial charge is 0.481 e. The first-order valence-electron chi connectivity index (χ1n) is 8.14. The van der Waals surface area contributed by atoms with Crippen LogP contribution in [0.3, 0.4) is 0 Å². The average molecular weight is 342 g/mol. The van der Waals surface area contributed by atoms with E-state index in [0.717, 1.165) is 23.4 Å². The summed E-state index contributed by atoms with van der Waals surface area (Å²) in [4.78, 5) is 31.2. The number of aromatic nitrogens is 1. The zero-order valence-corrected chi connectivity index (χ0v) is 14.0. The van der Waals surface area contributed by atoms with Gasteiger partial charge in [0.15, 0.2) is 0 Å². The van der Waals surface area contributed by atoms with Crippen LogP contribution in [0.15, 0.2) is 36.5 Å². The molecular formula is C18H18N2O3S. The number of amides is 1. The number of benzene rings is 1. The number of hydrogen-bond acceptors (Lipinski definition) is 4. The Balaban J connectivity index is 1.55. The summed E-state index contributed by atoms with van der Waals surface area (Å²) in [6.45, 7) is 0.869. The fraction of sp³-hybridized carbons (Fsp3) is 0.389. The Hall–Kier alpha value is -2.21. The van der Waals surface area contributed by atoms with Crippen LogP contribution < -0.4 is 0 Å². The zero-order valence-electron chi connectivity index (χ0n) is 13.1. The summed E-state index contributed by atoms with van der Waals surface area (Å²) < 4.78 is 0. The summed E-state index contributed by atoms with van der Waals surface area (Å²) >= 11 is 1.37. The summed E-state index contributed by atoms with van der Waals surface area (Å²) in [5, 5.41) is 10.5. The molecule has 2 fully saturated rings. The van der Waals surface area contributed by atoms with Gasteiger partial charge >= 0.3 is 5.97 Å². The Morgan fingerprint density at radius 2 is 2.08 bits per heavy atom. The van der Waals surface area contributed by atoms with Gasteiger partial charge in [0.2, 0.25) is 0 Å². The van der Waals surface area contributed by atoms with Gasteiger partial charge in [0.25, 0.3) is 5.91 Å². The van der Waals surface area contributed by atoms with Crippen molar-refractivity contribution < 1.29 is 14.7 Å². The second-order valence-electron chi connectivity index (χ2n) is 6.63. The summed E-state index contributed by atoms with van der Waals surface area (Å²) in [6.07, 6.45) is 4.12. The molecule has 124 valence electrons. The van der Waals surface area contributed by atoms with Gasteiger partial charge in [-0.1, -0.05) is 36.8 Å². The molecule has 1 aliphatic carbocycles. The molecule has 24 heavy (non-hydrogen) atoms. The van der Waals surface area contributed by atoms with Gasteiger partial charge in [-0.15, -0.1) is 11.3 Å². The smallest absolute Gasteiger partial charge is 0.311 e. The van der Waals surface area contributed by atoms with Crippen LogP contribution in [0.4, 0.5) is 0 Å². The van der Waals surface area contributed by atoms with Gasteiger partial charge in [0.1, 0.15) is 9.88 Å². The van der Waals surface area contributed by atoms with E-state index >= 15 is 0 Å². The van der Waals surface area contributed by atoms with E-state index in [1.165, 1.54) is 11.3 Å². The summed E-state index contributed by atoms with van der Waals surface area (Å²) in [5.41, 5.74) is 0.254. The molecule has 1 aromatic carbocycles. The first kappa shape index (κ1) is 15.3. The molecule has 2 aliphatic rings. The summed E-state index contributed by atoms with van der Waals surface area (Å²) in [6, 6.07) is 9.75. The van der Waals surface area contributed by atoms with Gasteiger partial charge < -0.3 is 10.0 Å². The number of likely N-dealkylation sites (tertiary alicyclic amines) is 1. The quantitative estimate of drug-likeness (QED) is 0.930. The molecule has 1 aliphatic heterocycles. The lowest BCUT2D eigenvalue weighted by Gasteiger charge is -2.23. The maximum atomic E-state index is 12.8. The van der Waals surface area contributed by atoms with Crippen molar-refractivity contribution in [3.63, 3.8) is 0 Å². The van der Waals surface area contributed by atoms with Crippen molar-refractivity contribution in [2.45, 2.75) is 19.3 Å². The highest BCUT2D eigenvalue weighted by Crippen LogP contribution is 2.49.